The second kappa shape index (κ2) is 13.6. The number of rotatable bonds is 8. The average Bonchev–Trinajstić information content (AvgIpc) is 3.27. The van der Waals surface area contributed by atoms with Crippen molar-refractivity contribution < 1.29 is 19.2 Å². The van der Waals surface area contributed by atoms with Gasteiger partial charge in [-0.3, -0.25) is 19.2 Å². The van der Waals surface area contributed by atoms with Crippen molar-refractivity contribution in [3.05, 3.63) is 128 Å². The van der Waals surface area contributed by atoms with Gasteiger partial charge < -0.3 is 10.6 Å². The predicted molar refractivity (Wildman–Crippen MR) is 174 cm³/mol. The molecule has 1 fully saturated rings. The van der Waals surface area contributed by atoms with E-state index < -0.39 is 17.1 Å². The third-order valence-electron chi connectivity index (χ3n) is 6.37. The maximum absolute atomic E-state index is 13.3. The van der Waals surface area contributed by atoms with Gasteiger partial charge in [-0.15, -0.1) is 11.8 Å². The van der Waals surface area contributed by atoms with E-state index in [1.54, 1.807) is 97.1 Å². The highest BCUT2D eigenvalue weighted by Gasteiger charge is 2.40. The number of carbonyl (C=O) groups is 4. The maximum atomic E-state index is 13.3. The molecule has 0 spiro atoms. The summed E-state index contributed by atoms with van der Waals surface area (Å²) in [7, 11) is 0. The molecule has 4 aromatic rings. The van der Waals surface area contributed by atoms with Gasteiger partial charge in [-0.25, -0.2) is 4.90 Å². The summed E-state index contributed by atoms with van der Waals surface area (Å²) in [5.74, 6) is -1.57. The van der Waals surface area contributed by atoms with Crippen LogP contribution in [0.3, 0.4) is 0 Å². The van der Waals surface area contributed by atoms with Crippen molar-refractivity contribution in [1.82, 2.24) is 5.32 Å². The zero-order valence-electron chi connectivity index (χ0n) is 22.2. The molecular weight excluding hydrogens is 673 g/mol. The quantitative estimate of drug-likeness (QED) is 0.146. The molecular formula is C32H22BrCl2N3O4S. The first-order chi connectivity index (χ1) is 20.7. The Bertz CT molecular complexity index is 1730. The van der Waals surface area contributed by atoms with Crippen molar-refractivity contribution in [2.45, 2.75) is 16.6 Å². The molecule has 1 heterocycles. The lowest BCUT2D eigenvalue weighted by atomic mass is 10.1. The Kier molecular flexibility index (Phi) is 9.67. The molecule has 1 saturated heterocycles. The molecule has 0 bridgehead atoms. The summed E-state index contributed by atoms with van der Waals surface area (Å²) in [6, 6.07) is 27.2. The molecule has 1 aliphatic heterocycles. The minimum Gasteiger partial charge on any atom is -0.321 e. The Morgan fingerprint density at radius 2 is 1.60 bits per heavy atom. The van der Waals surface area contributed by atoms with Crippen LogP contribution >= 0.6 is 50.9 Å². The number of amides is 4. The molecule has 1 atom stereocenters. The third kappa shape index (κ3) is 7.55. The molecule has 4 aromatic carbocycles. The lowest BCUT2D eigenvalue weighted by molar-refractivity contribution is -0.121. The number of thioether (sulfide) groups is 1. The highest BCUT2D eigenvalue weighted by Crippen LogP contribution is 2.35. The second-order valence-corrected chi connectivity index (χ2v) is 12.4. The fourth-order valence-corrected chi connectivity index (χ4v) is 6.03. The van der Waals surface area contributed by atoms with E-state index in [1.807, 2.05) is 0 Å². The summed E-state index contributed by atoms with van der Waals surface area (Å²) in [6.07, 6.45) is 1.56. The highest BCUT2D eigenvalue weighted by atomic mass is 79.9. The number of anilines is 2. The smallest absolute Gasteiger partial charge is 0.272 e. The fraction of sp³-hybridized carbons (Fsp3) is 0.0625. The topological polar surface area (TPSA) is 95.6 Å². The van der Waals surface area contributed by atoms with E-state index in [0.29, 0.717) is 32.5 Å². The summed E-state index contributed by atoms with van der Waals surface area (Å²) >= 11 is 17.0. The Morgan fingerprint density at radius 3 is 2.28 bits per heavy atom. The number of nitrogens with zero attached hydrogens (tertiary/aromatic N) is 1. The molecule has 0 radical (unpaired) electrons. The largest absolute Gasteiger partial charge is 0.321 e. The van der Waals surface area contributed by atoms with Crippen LogP contribution in [-0.4, -0.2) is 28.9 Å². The molecule has 5 rings (SSSR count). The van der Waals surface area contributed by atoms with Crippen molar-refractivity contribution in [3.63, 3.8) is 0 Å². The van der Waals surface area contributed by atoms with Crippen LogP contribution < -0.4 is 15.5 Å². The standard InChI is InChI=1S/C32H22BrCl2N3O4S/c33-21-7-12-24(13-8-21)38-29(39)18-28(32(38)42)43-25-14-10-23(11-15-25)36-31(41)27(16-20-6-9-22(34)17-26(20)35)37-30(40)19-4-2-1-3-5-19/h1-17,28H,18H2,(H,36,41)(H,37,40)/b27-16-. The van der Waals surface area contributed by atoms with Crippen LogP contribution in [0, 0.1) is 0 Å². The normalized spacial score (nSPS) is 15.0. The summed E-state index contributed by atoms with van der Waals surface area (Å²) in [5, 5.41) is 5.64. The highest BCUT2D eigenvalue weighted by molar-refractivity contribution is 9.10. The van der Waals surface area contributed by atoms with E-state index in [2.05, 4.69) is 26.6 Å². The number of hydrogen-bond donors (Lipinski definition) is 2. The van der Waals surface area contributed by atoms with Gasteiger partial charge in [0.15, 0.2) is 0 Å². The Labute approximate surface area is 270 Å². The maximum Gasteiger partial charge on any atom is 0.272 e. The van der Waals surface area contributed by atoms with Crippen molar-refractivity contribution >= 4 is 92.0 Å². The van der Waals surface area contributed by atoms with Gasteiger partial charge in [-0.2, -0.15) is 0 Å². The van der Waals surface area contributed by atoms with E-state index in [1.165, 1.54) is 22.7 Å². The molecule has 1 unspecified atom stereocenters. The van der Waals surface area contributed by atoms with Gasteiger partial charge in [0.2, 0.25) is 11.8 Å². The Hall–Kier alpha value is -3.89. The summed E-state index contributed by atoms with van der Waals surface area (Å²) in [4.78, 5) is 53.8. The molecule has 2 N–H and O–H groups in total. The van der Waals surface area contributed by atoms with E-state index >= 15 is 0 Å². The van der Waals surface area contributed by atoms with Crippen molar-refractivity contribution in [1.29, 1.82) is 0 Å². The lowest BCUT2D eigenvalue weighted by Crippen LogP contribution is -2.31. The molecule has 7 nitrogen and oxygen atoms in total. The summed E-state index contributed by atoms with van der Waals surface area (Å²) in [6.45, 7) is 0. The average molecular weight is 695 g/mol. The van der Waals surface area contributed by atoms with Gasteiger partial charge in [0.25, 0.3) is 11.8 Å². The first-order valence-electron chi connectivity index (χ1n) is 12.9. The predicted octanol–water partition coefficient (Wildman–Crippen LogP) is 7.59. The first kappa shape index (κ1) is 30.6. The molecule has 0 aliphatic carbocycles. The molecule has 0 saturated carbocycles. The van der Waals surface area contributed by atoms with Gasteiger partial charge in [-0.1, -0.05) is 63.4 Å². The number of imide groups is 1. The van der Waals surface area contributed by atoms with Gasteiger partial charge in [0.1, 0.15) is 5.70 Å². The van der Waals surface area contributed by atoms with Crippen LogP contribution in [0.5, 0.6) is 0 Å². The number of hydrogen-bond acceptors (Lipinski definition) is 5. The SMILES string of the molecule is O=C(Nc1ccc(SC2CC(=O)N(c3ccc(Br)cc3)C2=O)cc1)/C(=C/c1ccc(Cl)cc1Cl)NC(=O)c1ccccc1. The third-order valence-corrected chi connectivity index (χ3v) is 8.66. The van der Waals surface area contributed by atoms with Gasteiger partial charge in [0.05, 0.1) is 10.9 Å². The molecule has 0 aromatic heterocycles. The summed E-state index contributed by atoms with van der Waals surface area (Å²) in [5.41, 5.74) is 1.83. The van der Waals surface area contributed by atoms with Crippen molar-refractivity contribution in [2.75, 3.05) is 10.2 Å². The summed E-state index contributed by atoms with van der Waals surface area (Å²) < 4.78 is 0.850. The van der Waals surface area contributed by atoms with Crippen molar-refractivity contribution in [3.8, 4) is 0 Å². The minimum absolute atomic E-state index is 0.0281. The number of benzene rings is 4. The van der Waals surface area contributed by atoms with E-state index in [4.69, 9.17) is 23.2 Å². The second-order valence-electron chi connectivity index (χ2n) is 9.38. The Balaban J connectivity index is 1.29. The first-order valence-corrected chi connectivity index (χ1v) is 15.3. The zero-order chi connectivity index (χ0) is 30.5. The lowest BCUT2D eigenvalue weighted by Gasteiger charge is -2.15. The monoisotopic (exact) mass is 693 g/mol. The minimum atomic E-state index is -0.572. The van der Waals surface area contributed by atoms with Gasteiger partial charge in [-0.05, 0) is 84.4 Å². The van der Waals surface area contributed by atoms with Crippen LogP contribution in [-0.2, 0) is 14.4 Å². The van der Waals surface area contributed by atoms with E-state index in [-0.39, 0.29) is 23.9 Å². The molecule has 4 amide bonds. The van der Waals surface area contributed by atoms with Crippen LogP contribution in [0.4, 0.5) is 11.4 Å². The number of halogens is 3. The molecule has 1 aliphatic rings. The van der Waals surface area contributed by atoms with E-state index in [0.717, 1.165) is 9.37 Å². The number of carbonyl (C=O) groups excluding carboxylic acids is 4. The Morgan fingerprint density at radius 1 is 0.907 bits per heavy atom. The van der Waals surface area contributed by atoms with Crippen LogP contribution in [0.25, 0.3) is 6.08 Å². The van der Waals surface area contributed by atoms with E-state index in [9.17, 15) is 19.2 Å². The molecule has 43 heavy (non-hydrogen) atoms. The zero-order valence-corrected chi connectivity index (χ0v) is 26.1. The van der Waals surface area contributed by atoms with Crippen LogP contribution in [0.1, 0.15) is 22.3 Å². The van der Waals surface area contributed by atoms with Gasteiger partial charge >= 0.3 is 0 Å². The van der Waals surface area contributed by atoms with Crippen LogP contribution in [0.2, 0.25) is 10.0 Å². The molecule has 216 valence electrons. The van der Waals surface area contributed by atoms with Crippen LogP contribution in [0.15, 0.2) is 112 Å². The van der Waals surface area contributed by atoms with Gasteiger partial charge in [0, 0.05) is 37.1 Å². The fourth-order valence-electron chi connectivity index (χ4n) is 4.25. The van der Waals surface area contributed by atoms with Crippen molar-refractivity contribution in [2.24, 2.45) is 0 Å². The molecule has 11 heteroatoms. The number of nitrogens with one attached hydrogen (secondary N) is 2.